The number of ether oxygens (including phenoxy) is 1. The largest absolute Gasteiger partial charge is 0.467 e. The van der Waals surface area contributed by atoms with Crippen molar-refractivity contribution < 1.29 is 19.1 Å². The molecule has 2 N–H and O–H groups in total. The van der Waals surface area contributed by atoms with Gasteiger partial charge in [-0.05, 0) is 28.5 Å². The Bertz CT molecular complexity index is 1010. The number of carbonyl (C=O) groups is 3. The van der Waals surface area contributed by atoms with Crippen LogP contribution in [-0.4, -0.2) is 37.5 Å². The maximum atomic E-state index is 12.3. The van der Waals surface area contributed by atoms with E-state index >= 15 is 0 Å². The van der Waals surface area contributed by atoms with Crippen molar-refractivity contribution in [1.29, 1.82) is 0 Å². The van der Waals surface area contributed by atoms with E-state index in [1.807, 2.05) is 42.5 Å². The van der Waals surface area contributed by atoms with Gasteiger partial charge in [-0.3, -0.25) is 9.59 Å². The first-order chi connectivity index (χ1) is 14.1. The lowest BCUT2D eigenvalue weighted by atomic mass is 9.98. The van der Waals surface area contributed by atoms with Crippen LogP contribution in [0.4, 0.5) is 0 Å². The zero-order chi connectivity index (χ0) is 20.6. The van der Waals surface area contributed by atoms with E-state index in [0.29, 0.717) is 5.56 Å². The Morgan fingerprint density at radius 3 is 2.34 bits per heavy atom. The third-order valence-electron chi connectivity index (χ3n) is 4.57. The highest BCUT2D eigenvalue weighted by Gasteiger charge is 2.23. The summed E-state index contributed by atoms with van der Waals surface area (Å²) in [6, 6.07) is 21.4. The van der Waals surface area contributed by atoms with Crippen LogP contribution in [0.1, 0.15) is 15.9 Å². The highest BCUT2D eigenvalue weighted by molar-refractivity contribution is 5.97. The van der Waals surface area contributed by atoms with Gasteiger partial charge < -0.3 is 15.4 Å². The molecule has 0 aromatic heterocycles. The maximum absolute atomic E-state index is 12.3. The molecule has 3 aromatic rings. The van der Waals surface area contributed by atoms with Gasteiger partial charge in [0, 0.05) is 12.0 Å². The molecular weight excluding hydrogens is 368 g/mol. The van der Waals surface area contributed by atoms with E-state index in [-0.39, 0.29) is 18.9 Å². The number of benzene rings is 3. The Kier molecular flexibility index (Phi) is 6.58. The van der Waals surface area contributed by atoms with Crippen molar-refractivity contribution in [3.05, 3.63) is 83.9 Å². The third-order valence-corrected chi connectivity index (χ3v) is 4.57. The van der Waals surface area contributed by atoms with Gasteiger partial charge in [0.05, 0.1) is 13.7 Å². The van der Waals surface area contributed by atoms with Gasteiger partial charge in [-0.1, -0.05) is 60.7 Å². The van der Waals surface area contributed by atoms with Gasteiger partial charge in [0.25, 0.3) is 5.91 Å². The zero-order valence-electron chi connectivity index (χ0n) is 16.1. The van der Waals surface area contributed by atoms with Crippen molar-refractivity contribution >= 4 is 28.6 Å². The fourth-order valence-corrected chi connectivity index (χ4v) is 3.12. The molecule has 1 atom stereocenters. The summed E-state index contributed by atoms with van der Waals surface area (Å²) in [5.41, 5.74) is 1.38. The monoisotopic (exact) mass is 390 g/mol. The molecule has 0 heterocycles. The Morgan fingerprint density at radius 2 is 1.59 bits per heavy atom. The molecule has 6 nitrogen and oxygen atoms in total. The number of methoxy groups -OCH3 is 1. The molecule has 0 aliphatic heterocycles. The number of rotatable bonds is 7. The lowest BCUT2D eigenvalue weighted by Gasteiger charge is -2.18. The average Bonchev–Trinajstić information content (AvgIpc) is 2.77. The van der Waals surface area contributed by atoms with Gasteiger partial charge in [-0.15, -0.1) is 0 Å². The normalized spacial score (nSPS) is 11.5. The predicted molar refractivity (Wildman–Crippen MR) is 110 cm³/mol. The van der Waals surface area contributed by atoms with Crippen molar-refractivity contribution in [2.45, 2.75) is 12.5 Å². The molecule has 3 rings (SSSR count). The second-order valence-corrected chi connectivity index (χ2v) is 6.53. The van der Waals surface area contributed by atoms with Crippen molar-refractivity contribution in [1.82, 2.24) is 10.6 Å². The smallest absolute Gasteiger partial charge is 0.328 e. The van der Waals surface area contributed by atoms with Crippen molar-refractivity contribution in [2.75, 3.05) is 13.7 Å². The molecule has 0 unspecified atom stereocenters. The standard InChI is InChI=1S/C23H22N2O4/c1-29-23(28)20(14-18-12-7-11-16-8-5-6-13-19(16)18)25-21(26)15-24-22(27)17-9-3-2-4-10-17/h2-13,20H,14-15H2,1H3,(H,24,27)(H,25,26)/t20-/m0/s1. The summed E-state index contributed by atoms with van der Waals surface area (Å²) in [5.74, 6) is -1.37. The molecule has 29 heavy (non-hydrogen) atoms. The van der Waals surface area contributed by atoms with E-state index in [2.05, 4.69) is 10.6 Å². The summed E-state index contributed by atoms with van der Waals surface area (Å²) in [6.45, 7) is -0.239. The third kappa shape index (κ3) is 5.19. The fourth-order valence-electron chi connectivity index (χ4n) is 3.12. The number of hydrogen-bond donors (Lipinski definition) is 2. The van der Waals surface area contributed by atoms with Crippen LogP contribution in [-0.2, 0) is 20.7 Å². The van der Waals surface area contributed by atoms with E-state index in [0.717, 1.165) is 16.3 Å². The number of esters is 1. The quantitative estimate of drug-likeness (QED) is 0.607. The Labute approximate surface area is 168 Å². The van der Waals surface area contributed by atoms with Gasteiger partial charge in [-0.2, -0.15) is 0 Å². The number of hydrogen-bond acceptors (Lipinski definition) is 4. The Hall–Kier alpha value is -3.67. The molecule has 148 valence electrons. The molecule has 0 saturated carbocycles. The Balaban J connectivity index is 1.66. The minimum absolute atomic E-state index is 0.239. The topological polar surface area (TPSA) is 84.5 Å². The first-order valence-corrected chi connectivity index (χ1v) is 9.25. The molecule has 0 fully saturated rings. The van der Waals surface area contributed by atoms with Crippen molar-refractivity contribution in [3.8, 4) is 0 Å². The molecule has 0 aliphatic carbocycles. The van der Waals surface area contributed by atoms with Crippen LogP contribution in [0.2, 0.25) is 0 Å². The summed E-state index contributed by atoms with van der Waals surface area (Å²) in [7, 11) is 1.28. The molecular formula is C23H22N2O4. The molecule has 3 aromatic carbocycles. The van der Waals surface area contributed by atoms with E-state index in [9.17, 15) is 14.4 Å². The van der Waals surface area contributed by atoms with Gasteiger partial charge >= 0.3 is 5.97 Å². The maximum Gasteiger partial charge on any atom is 0.328 e. The second kappa shape index (κ2) is 9.50. The molecule has 0 bridgehead atoms. The molecule has 2 amide bonds. The minimum atomic E-state index is -0.855. The number of nitrogens with one attached hydrogen (secondary N) is 2. The van der Waals surface area contributed by atoms with Crippen LogP contribution in [0.3, 0.4) is 0 Å². The SMILES string of the molecule is COC(=O)[C@H](Cc1cccc2ccccc12)NC(=O)CNC(=O)c1ccccc1. The van der Waals surface area contributed by atoms with Crippen LogP contribution in [0, 0.1) is 0 Å². The molecule has 0 radical (unpaired) electrons. The summed E-state index contributed by atoms with van der Waals surface area (Å²) in [5, 5.41) is 7.27. The molecule has 0 aliphatic rings. The van der Waals surface area contributed by atoms with Crippen LogP contribution < -0.4 is 10.6 Å². The van der Waals surface area contributed by atoms with E-state index < -0.39 is 17.9 Å². The van der Waals surface area contributed by atoms with Crippen LogP contribution in [0.25, 0.3) is 10.8 Å². The van der Waals surface area contributed by atoms with Gasteiger partial charge in [0.15, 0.2) is 0 Å². The van der Waals surface area contributed by atoms with E-state index in [1.165, 1.54) is 7.11 Å². The predicted octanol–water partition coefficient (Wildman–Crippen LogP) is 2.47. The lowest BCUT2D eigenvalue weighted by molar-refractivity contribution is -0.144. The summed E-state index contributed by atoms with van der Waals surface area (Å²) < 4.78 is 4.85. The average molecular weight is 390 g/mol. The highest BCUT2D eigenvalue weighted by Crippen LogP contribution is 2.20. The van der Waals surface area contributed by atoms with E-state index in [4.69, 9.17) is 4.74 Å². The zero-order valence-corrected chi connectivity index (χ0v) is 16.1. The van der Waals surface area contributed by atoms with Gasteiger partial charge in [0.1, 0.15) is 6.04 Å². The number of fused-ring (bicyclic) bond motifs is 1. The van der Waals surface area contributed by atoms with Gasteiger partial charge in [0.2, 0.25) is 5.91 Å². The van der Waals surface area contributed by atoms with Crippen LogP contribution in [0.15, 0.2) is 72.8 Å². The first-order valence-electron chi connectivity index (χ1n) is 9.25. The highest BCUT2D eigenvalue weighted by atomic mass is 16.5. The summed E-state index contributed by atoms with van der Waals surface area (Å²) >= 11 is 0. The summed E-state index contributed by atoms with van der Waals surface area (Å²) in [6.07, 6.45) is 0.284. The second-order valence-electron chi connectivity index (χ2n) is 6.53. The van der Waals surface area contributed by atoms with Crippen molar-refractivity contribution in [2.24, 2.45) is 0 Å². The Morgan fingerprint density at radius 1 is 0.897 bits per heavy atom. The minimum Gasteiger partial charge on any atom is -0.467 e. The number of carbonyl (C=O) groups excluding carboxylic acids is 3. The van der Waals surface area contributed by atoms with Crippen molar-refractivity contribution in [3.63, 3.8) is 0 Å². The fraction of sp³-hybridized carbons (Fsp3) is 0.174. The molecule has 6 heteroatoms. The van der Waals surface area contributed by atoms with Crippen LogP contribution >= 0.6 is 0 Å². The van der Waals surface area contributed by atoms with E-state index in [1.54, 1.807) is 30.3 Å². The molecule has 0 spiro atoms. The first kappa shape index (κ1) is 20.1. The lowest BCUT2D eigenvalue weighted by Crippen LogP contribution is -2.47. The van der Waals surface area contributed by atoms with Gasteiger partial charge in [-0.25, -0.2) is 4.79 Å². The van der Waals surface area contributed by atoms with Crippen LogP contribution in [0.5, 0.6) is 0 Å². The summed E-state index contributed by atoms with van der Waals surface area (Å²) in [4.78, 5) is 36.6. The number of amides is 2. The molecule has 0 saturated heterocycles.